The van der Waals surface area contributed by atoms with E-state index in [2.05, 4.69) is 4.90 Å². The Hall–Kier alpha value is -1.64. The molecule has 0 spiro atoms. The molecular formula is C18H27N3O4S. The van der Waals surface area contributed by atoms with E-state index in [0.717, 1.165) is 38.0 Å². The van der Waals surface area contributed by atoms with E-state index in [4.69, 9.17) is 4.74 Å². The number of benzene rings is 1. The highest BCUT2D eigenvalue weighted by Crippen LogP contribution is 2.28. The quantitative estimate of drug-likeness (QED) is 0.789. The normalized spacial score (nSPS) is 19.0. The summed E-state index contributed by atoms with van der Waals surface area (Å²) in [5, 5.41) is 0. The van der Waals surface area contributed by atoms with Gasteiger partial charge in [0.25, 0.3) is 5.91 Å². The highest BCUT2D eigenvalue weighted by Gasteiger charge is 2.27. The predicted molar refractivity (Wildman–Crippen MR) is 100 cm³/mol. The molecule has 7 nitrogen and oxygen atoms in total. The number of hydrogen-bond donors (Lipinski definition) is 0. The number of amides is 1. The zero-order chi connectivity index (χ0) is 18.7. The second-order valence-corrected chi connectivity index (χ2v) is 9.07. The molecular weight excluding hydrogens is 354 g/mol. The minimum atomic E-state index is -3.59. The fraction of sp³-hybridized carbons (Fsp3) is 0.611. The van der Waals surface area contributed by atoms with Gasteiger partial charge >= 0.3 is 0 Å². The maximum atomic E-state index is 13.2. The molecule has 2 aliphatic heterocycles. The van der Waals surface area contributed by atoms with E-state index in [1.807, 2.05) is 4.90 Å². The molecule has 0 bridgehead atoms. The summed E-state index contributed by atoms with van der Waals surface area (Å²) in [5.74, 6) is -0.0815. The molecule has 0 unspecified atom stereocenters. The van der Waals surface area contributed by atoms with Gasteiger partial charge in [-0.2, -0.15) is 0 Å². The zero-order valence-corrected chi connectivity index (χ0v) is 16.3. The fourth-order valence-electron chi connectivity index (χ4n) is 3.41. The Labute approximate surface area is 155 Å². The fourth-order valence-corrected chi connectivity index (χ4v) is 4.33. The zero-order valence-electron chi connectivity index (χ0n) is 15.5. The van der Waals surface area contributed by atoms with Crippen LogP contribution in [0, 0.1) is 0 Å². The molecule has 1 aromatic rings. The lowest BCUT2D eigenvalue weighted by atomic mass is 10.1. The van der Waals surface area contributed by atoms with E-state index < -0.39 is 10.0 Å². The first-order valence-electron chi connectivity index (χ1n) is 9.10. The number of ether oxygens (including phenoxy) is 1. The smallest absolute Gasteiger partial charge is 0.256 e. The van der Waals surface area contributed by atoms with Crippen molar-refractivity contribution in [1.82, 2.24) is 9.21 Å². The minimum Gasteiger partial charge on any atom is -0.378 e. The van der Waals surface area contributed by atoms with Crippen molar-refractivity contribution in [2.24, 2.45) is 0 Å². The Morgan fingerprint density at radius 2 is 1.69 bits per heavy atom. The molecule has 26 heavy (non-hydrogen) atoms. The summed E-state index contributed by atoms with van der Waals surface area (Å²) < 4.78 is 31.7. The Morgan fingerprint density at radius 1 is 1.04 bits per heavy atom. The Bertz CT molecular complexity index is 752. The van der Waals surface area contributed by atoms with Crippen molar-refractivity contribution >= 4 is 21.6 Å². The molecule has 0 aliphatic carbocycles. The van der Waals surface area contributed by atoms with Crippen molar-refractivity contribution in [1.29, 1.82) is 0 Å². The van der Waals surface area contributed by atoms with E-state index in [1.165, 1.54) is 24.5 Å². The molecule has 0 radical (unpaired) electrons. The Balaban J connectivity index is 2.02. The SMILES string of the molecule is CN(C)S(=O)(=O)c1ccc(N2CCOCC2)c(C(=O)N2CCCCC2)c1. The van der Waals surface area contributed by atoms with Crippen LogP contribution in [0.1, 0.15) is 29.6 Å². The van der Waals surface area contributed by atoms with Crippen LogP contribution in [0.5, 0.6) is 0 Å². The molecule has 0 saturated carbocycles. The van der Waals surface area contributed by atoms with Crippen molar-refractivity contribution in [2.75, 3.05) is 58.4 Å². The first kappa shape index (κ1) is 19.1. The number of likely N-dealkylation sites (tertiary alicyclic amines) is 1. The van der Waals surface area contributed by atoms with Gasteiger partial charge in [-0.25, -0.2) is 12.7 Å². The molecule has 1 amide bonds. The number of hydrogen-bond acceptors (Lipinski definition) is 5. The lowest BCUT2D eigenvalue weighted by Crippen LogP contribution is -2.40. The molecule has 1 aromatic carbocycles. The summed E-state index contributed by atoms with van der Waals surface area (Å²) in [6.07, 6.45) is 3.12. The molecule has 2 heterocycles. The lowest BCUT2D eigenvalue weighted by Gasteiger charge is -2.33. The Kier molecular flexibility index (Phi) is 5.84. The highest BCUT2D eigenvalue weighted by molar-refractivity contribution is 7.89. The number of carbonyl (C=O) groups is 1. The summed E-state index contributed by atoms with van der Waals surface area (Å²) in [5.41, 5.74) is 1.26. The van der Waals surface area contributed by atoms with E-state index in [9.17, 15) is 13.2 Å². The van der Waals surface area contributed by atoms with Crippen LogP contribution in [-0.4, -0.2) is 77.0 Å². The highest BCUT2D eigenvalue weighted by atomic mass is 32.2. The van der Waals surface area contributed by atoms with Gasteiger partial charge in [-0.05, 0) is 37.5 Å². The van der Waals surface area contributed by atoms with Crippen molar-refractivity contribution in [2.45, 2.75) is 24.2 Å². The number of morpholine rings is 1. The van der Waals surface area contributed by atoms with Gasteiger partial charge < -0.3 is 14.5 Å². The van der Waals surface area contributed by atoms with Crippen LogP contribution in [0.2, 0.25) is 0 Å². The van der Waals surface area contributed by atoms with Crippen LogP contribution in [-0.2, 0) is 14.8 Å². The number of sulfonamides is 1. The van der Waals surface area contributed by atoms with Gasteiger partial charge in [0.2, 0.25) is 10.0 Å². The van der Waals surface area contributed by atoms with Crippen LogP contribution in [0.25, 0.3) is 0 Å². The van der Waals surface area contributed by atoms with Crippen LogP contribution < -0.4 is 4.90 Å². The number of rotatable bonds is 4. The maximum absolute atomic E-state index is 13.2. The first-order chi connectivity index (χ1) is 12.4. The van der Waals surface area contributed by atoms with Crippen LogP contribution in [0.3, 0.4) is 0 Å². The van der Waals surface area contributed by atoms with E-state index in [-0.39, 0.29) is 10.8 Å². The number of anilines is 1. The third-order valence-corrected chi connectivity index (χ3v) is 6.78. The standard InChI is InChI=1S/C18H27N3O4S/c1-19(2)26(23,24)15-6-7-17(20-10-12-25-13-11-20)16(14-15)18(22)21-8-4-3-5-9-21/h6-7,14H,3-5,8-13H2,1-2H3. The summed E-state index contributed by atoms with van der Waals surface area (Å²) in [7, 11) is -0.597. The van der Waals surface area contributed by atoms with Gasteiger partial charge in [-0.15, -0.1) is 0 Å². The molecule has 0 atom stereocenters. The van der Waals surface area contributed by atoms with Gasteiger partial charge in [-0.1, -0.05) is 0 Å². The molecule has 8 heteroatoms. The summed E-state index contributed by atoms with van der Waals surface area (Å²) >= 11 is 0. The second kappa shape index (κ2) is 7.94. The van der Waals surface area contributed by atoms with Crippen molar-refractivity contribution in [3.8, 4) is 0 Å². The summed E-state index contributed by atoms with van der Waals surface area (Å²) in [6.45, 7) is 4.06. The largest absolute Gasteiger partial charge is 0.378 e. The van der Waals surface area contributed by atoms with E-state index in [1.54, 1.807) is 12.1 Å². The van der Waals surface area contributed by atoms with Crippen molar-refractivity contribution in [3.63, 3.8) is 0 Å². The predicted octanol–water partition coefficient (Wildman–Crippen LogP) is 1.40. The molecule has 2 aliphatic rings. The second-order valence-electron chi connectivity index (χ2n) is 6.92. The van der Waals surface area contributed by atoms with Crippen LogP contribution in [0.4, 0.5) is 5.69 Å². The van der Waals surface area contributed by atoms with Crippen LogP contribution in [0.15, 0.2) is 23.1 Å². The third kappa shape index (κ3) is 3.87. The number of carbonyl (C=O) groups excluding carboxylic acids is 1. The van der Waals surface area contributed by atoms with Crippen molar-refractivity contribution in [3.05, 3.63) is 23.8 Å². The average molecular weight is 381 g/mol. The summed E-state index contributed by atoms with van der Waals surface area (Å²) in [4.78, 5) is 17.3. The maximum Gasteiger partial charge on any atom is 0.256 e. The van der Waals surface area contributed by atoms with Gasteiger partial charge in [-0.3, -0.25) is 4.79 Å². The molecule has 144 valence electrons. The van der Waals surface area contributed by atoms with Gasteiger partial charge in [0.05, 0.1) is 23.7 Å². The first-order valence-corrected chi connectivity index (χ1v) is 10.5. The van der Waals surface area contributed by atoms with Gasteiger partial charge in [0.1, 0.15) is 0 Å². The van der Waals surface area contributed by atoms with Gasteiger partial charge in [0, 0.05) is 46.0 Å². The minimum absolute atomic E-state index is 0.0815. The molecule has 0 aromatic heterocycles. The summed E-state index contributed by atoms with van der Waals surface area (Å²) in [6, 6.07) is 4.89. The third-order valence-electron chi connectivity index (χ3n) is 4.97. The monoisotopic (exact) mass is 381 g/mol. The van der Waals surface area contributed by atoms with Crippen LogP contribution >= 0.6 is 0 Å². The molecule has 2 fully saturated rings. The molecule has 2 saturated heterocycles. The number of piperidine rings is 1. The van der Waals surface area contributed by atoms with Crippen molar-refractivity contribution < 1.29 is 17.9 Å². The molecule has 0 N–H and O–H groups in total. The number of nitrogens with zero attached hydrogens (tertiary/aromatic N) is 3. The topological polar surface area (TPSA) is 70.2 Å². The van der Waals surface area contributed by atoms with E-state index in [0.29, 0.717) is 31.9 Å². The lowest BCUT2D eigenvalue weighted by molar-refractivity contribution is 0.0723. The van der Waals surface area contributed by atoms with Gasteiger partial charge in [0.15, 0.2) is 0 Å². The Morgan fingerprint density at radius 3 is 2.31 bits per heavy atom. The molecule has 3 rings (SSSR count). The average Bonchev–Trinajstić information content (AvgIpc) is 2.68. The van der Waals surface area contributed by atoms with E-state index >= 15 is 0 Å².